The van der Waals surface area contributed by atoms with E-state index in [1.165, 1.54) is 18.2 Å². The second-order valence-corrected chi connectivity index (χ2v) is 5.38. The molecule has 2 aromatic carbocycles. The molecule has 116 valence electrons. The van der Waals surface area contributed by atoms with Crippen molar-refractivity contribution < 1.29 is 13.9 Å². The van der Waals surface area contributed by atoms with Crippen molar-refractivity contribution in [2.75, 3.05) is 5.32 Å². The third-order valence-electron chi connectivity index (χ3n) is 2.96. The molecule has 3 nitrogen and oxygen atoms in total. The van der Waals surface area contributed by atoms with Crippen LogP contribution in [0.3, 0.4) is 0 Å². The van der Waals surface area contributed by atoms with Crippen LogP contribution in [0.5, 0.6) is 5.75 Å². The van der Waals surface area contributed by atoms with Gasteiger partial charge < -0.3 is 10.1 Å². The second-order valence-electron chi connectivity index (χ2n) is 4.56. The van der Waals surface area contributed by atoms with E-state index in [2.05, 4.69) is 5.32 Å². The van der Waals surface area contributed by atoms with Crippen molar-refractivity contribution in [2.45, 2.75) is 19.4 Å². The van der Waals surface area contributed by atoms with E-state index in [4.69, 9.17) is 27.9 Å². The lowest BCUT2D eigenvalue weighted by Gasteiger charge is -2.17. The van der Waals surface area contributed by atoms with E-state index in [1.54, 1.807) is 31.2 Å². The minimum atomic E-state index is -0.814. The molecule has 0 bridgehead atoms. The van der Waals surface area contributed by atoms with Crippen LogP contribution in [0.25, 0.3) is 0 Å². The van der Waals surface area contributed by atoms with Gasteiger partial charge in [-0.2, -0.15) is 0 Å². The van der Waals surface area contributed by atoms with Crippen LogP contribution in [0, 0.1) is 5.82 Å². The largest absolute Gasteiger partial charge is 0.478 e. The minimum absolute atomic E-state index is 0.0404. The number of amides is 1. The van der Waals surface area contributed by atoms with E-state index in [-0.39, 0.29) is 11.7 Å². The highest BCUT2D eigenvalue weighted by atomic mass is 35.5. The summed E-state index contributed by atoms with van der Waals surface area (Å²) >= 11 is 11.7. The van der Waals surface area contributed by atoms with Crippen molar-refractivity contribution in [1.82, 2.24) is 0 Å². The van der Waals surface area contributed by atoms with Gasteiger partial charge in [-0.1, -0.05) is 42.3 Å². The fraction of sp³-hybridized carbons (Fsp3) is 0.188. The van der Waals surface area contributed by atoms with E-state index in [9.17, 15) is 9.18 Å². The van der Waals surface area contributed by atoms with Crippen molar-refractivity contribution in [2.24, 2.45) is 0 Å². The number of hydrogen-bond acceptors (Lipinski definition) is 2. The van der Waals surface area contributed by atoms with Crippen LogP contribution in [0.1, 0.15) is 13.3 Å². The van der Waals surface area contributed by atoms with Gasteiger partial charge in [0.05, 0.1) is 10.0 Å². The summed E-state index contributed by atoms with van der Waals surface area (Å²) < 4.78 is 19.0. The molecule has 1 atom stereocenters. The Hall–Kier alpha value is -1.78. The molecule has 0 saturated carbocycles. The summed E-state index contributed by atoms with van der Waals surface area (Å²) in [5.74, 6) is -0.855. The first-order valence-electron chi connectivity index (χ1n) is 6.68. The summed E-state index contributed by atoms with van der Waals surface area (Å²) in [5, 5.41) is 3.40. The molecule has 6 heteroatoms. The van der Waals surface area contributed by atoms with Crippen LogP contribution >= 0.6 is 23.2 Å². The highest BCUT2D eigenvalue weighted by molar-refractivity contribution is 6.42. The number of halogens is 3. The molecule has 22 heavy (non-hydrogen) atoms. The number of ether oxygens (including phenoxy) is 1. The van der Waals surface area contributed by atoms with Gasteiger partial charge in [-0.3, -0.25) is 4.79 Å². The number of para-hydroxylation sites is 1. The van der Waals surface area contributed by atoms with E-state index < -0.39 is 11.9 Å². The molecule has 0 aliphatic rings. The van der Waals surface area contributed by atoms with Crippen LogP contribution in [0.4, 0.5) is 10.1 Å². The van der Waals surface area contributed by atoms with Gasteiger partial charge in [0.1, 0.15) is 0 Å². The molecule has 0 radical (unpaired) electrons. The number of carbonyl (C=O) groups is 1. The van der Waals surface area contributed by atoms with Gasteiger partial charge in [-0.25, -0.2) is 4.39 Å². The molecule has 0 spiro atoms. The summed E-state index contributed by atoms with van der Waals surface area (Å²) in [5.41, 5.74) is 0.495. The molecule has 0 aliphatic heterocycles. The maximum absolute atomic E-state index is 13.6. The van der Waals surface area contributed by atoms with E-state index in [0.717, 1.165) is 0 Å². The van der Waals surface area contributed by atoms with Gasteiger partial charge in [-0.05, 0) is 36.8 Å². The highest BCUT2D eigenvalue weighted by Gasteiger charge is 2.20. The van der Waals surface area contributed by atoms with Gasteiger partial charge in [0.15, 0.2) is 17.7 Å². The molecule has 0 fully saturated rings. The van der Waals surface area contributed by atoms with Crippen molar-refractivity contribution in [3.63, 3.8) is 0 Å². The van der Waals surface area contributed by atoms with Crippen LogP contribution in [-0.4, -0.2) is 12.0 Å². The molecule has 0 aliphatic carbocycles. The van der Waals surface area contributed by atoms with Gasteiger partial charge in [0, 0.05) is 5.69 Å². The lowest BCUT2D eigenvalue weighted by Crippen LogP contribution is -2.32. The zero-order valence-electron chi connectivity index (χ0n) is 11.8. The standard InChI is InChI=1S/C16H14Cl2FNO2/c1-2-14(22-15-6-4-3-5-13(15)19)16(21)20-10-7-8-11(17)12(18)9-10/h3-9,14H,2H2,1H3,(H,20,21)/t14-/m1/s1. The smallest absolute Gasteiger partial charge is 0.265 e. The Labute approximate surface area is 138 Å². The first-order valence-corrected chi connectivity index (χ1v) is 7.44. The normalized spacial score (nSPS) is 11.8. The molecule has 1 N–H and O–H groups in total. The molecular formula is C16H14Cl2FNO2. The average Bonchev–Trinajstić information content (AvgIpc) is 2.50. The Balaban J connectivity index is 2.08. The van der Waals surface area contributed by atoms with Crippen molar-refractivity contribution in [3.8, 4) is 5.75 Å². The Kier molecular flexibility index (Phi) is 5.63. The maximum Gasteiger partial charge on any atom is 0.265 e. The molecule has 0 aromatic heterocycles. The Morgan fingerprint density at radius 2 is 1.95 bits per heavy atom. The zero-order valence-corrected chi connectivity index (χ0v) is 13.3. The Morgan fingerprint density at radius 3 is 2.59 bits per heavy atom. The number of anilines is 1. The van der Waals surface area contributed by atoms with Crippen molar-refractivity contribution >= 4 is 34.8 Å². The minimum Gasteiger partial charge on any atom is -0.478 e. The summed E-state index contributed by atoms with van der Waals surface area (Å²) in [6, 6.07) is 10.7. The third kappa shape index (κ3) is 4.12. The van der Waals surface area contributed by atoms with Crippen LogP contribution < -0.4 is 10.1 Å². The highest BCUT2D eigenvalue weighted by Crippen LogP contribution is 2.25. The summed E-state index contributed by atoms with van der Waals surface area (Å²) in [6.07, 6.45) is -0.423. The monoisotopic (exact) mass is 341 g/mol. The zero-order chi connectivity index (χ0) is 16.1. The van der Waals surface area contributed by atoms with Gasteiger partial charge in [0.25, 0.3) is 5.91 Å². The Morgan fingerprint density at radius 1 is 1.23 bits per heavy atom. The summed E-state index contributed by atoms with van der Waals surface area (Å²) in [4.78, 5) is 12.2. The molecule has 1 amide bonds. The number of carbonyl (C=O) groups excluding carboxylic acids is 1. The van der Waals surface area contributed by atoms with Crippen molar-refractivity contribution in [1.29, 1.82) is 0 Å². The molecular weight excluding hydrogens is 328 g/mol. The fourth-order valence-electron chi connectivity index (χ4n) is 1.81. The number of nitrogens with one attached hydrogen (secondary N) is 1. The first kappa shape index (κ1) is 16.6. The van der Waals surface area contributed by atoms with Gasteiger partial charge in [-0.15, -0.1) is 0 Å². The number of rotatable bonds is 5. The lowest BCUT2D eigenvalue weighted by molar-refractivity contribution is -0.122. The third-order valence-corrected chi connectivity index (χ3v) is 3.70. The molecule has 0 unspecified atom stereocenters. The predicted octanol–water partition coefficient (Wildman–Crippen LogP) is 4.93. The number of benzene rings is 2. The van der Waals surface area contributed by atoms with Crippen LogP contribution in [-0.2, 0) is 4.79 Å². The first-order chi connectivity index (χ1) is 10.5. The molecule has 2 aromatic rings. The summed E-state index contributed by atoms with van der Waals surface area (Å²) in [6.45, 7) is 1.78. The van der Waals surface area contributed by atoms with E-state index in [0.29, 0.717) is 22.2 Å². The van der Waals surface area contributed by atoms with Crippen LogP contribution in [0.2, 0.25) is 10.0 Å². The second kappa shape index (κ2) is 7.47. The molecule has 0 saturated heterocycles. The Bertz CT molecular complexity index is 679. The van der Waals surface area contributed by atoms with Crippen molar-refractivity contribution in [3.05, 3.63) is 58.3 Å². The SMILES string of the molecule is CC[C@@H](Oc1ccccc1F)C(=O)Nc1ccc(Cl)c(Cl)c1. The molecule has 2 rings (SSSR count). The quantitative estimate of drug-likeness (QED) is 0.837. The van der Waals surface area contributed by atoms with Gasteiger partial charge in [0.2, 0.25) is 0 Å². The maximum atomic E-state index is 13.6. The van der Waals surface area contributed by atoms with E-state index in [1.807, 2.05) is 0 Å². The topological polar surface area (TPSA) is 38.3 Å². The fourth-order valence-corrected chi connectivity index (χ4v) is 2.11. The average molecular weight is 342 g/mol. The van der Waals surface area contributed by atoms with E-state index >= 15 is 0 Å². The predicted molar refractivity (Wildman–Crippen MR) is 86.2 cm³/mol. The number of hydrogen-bond donors (Lipinski definition) is 1. The summed E-state index contributed by atoms with van der Waals surface area (Å²) in [7, 11) is 0. The molecule has 0 heterocycles. The van der Waals surface area contributed by atoms with Crippen LogP contribution in [0.15, 0.2) is 42.5 Å². The lowest BCUT2D eigenvalue weighted by atomic mass is 10.2. The van der Waals surface area contributed by atoms with Gasteiger partial charge >= 0.3 is 0 Å².